The Morgan fingerprint density at radius 2 is 2.38 bits per heavy atom. The number of carbonyl (C=O) groups excluding carboxylic acids is 1. The highest BCUT2D eigenvalue weighted by molar-refractivity contribution is 7.98. The van der Waals surface area contributed by atoms with Gasteiger partial charge in [-0.25, -0.2) is 4.79 Å². The van der Waals surface area contributed by atoms with Crippen LogP contribution in [0.15, 0.2) is 10.6 Å². The summed E-state index contributed by atoms with van der Waals surface area (Å²) in [4.78, 5) is 21.2. The minimum absolute atomic E-state index is 0.108. The van der Waals surface area contributed by atoms with E-state index in [1.807, 2.05) is 0 Å². The summed E-state index contributed by atoms with van der Waals surface area (Å²) in [6.45, 7) is 0. The maximum absolute atomic E-state index is 10.8. The summed E-state index contributed by atoms with van der Waals surface area (Å²) >= 11 is 1.45. The van der Waals surface area contributed by atoms with E-state index in [0.29, 0.717) is 23.7 Å². The number of esters is 1. The predicted molar refractivity (Wildman–Crippen MR) is 56.3 cm³/mol. The first kappa shape index (κ1) is 12.6. The topological polar surface area (TPSA) is 89.6 Å². The van der Waals surface area contributed by atoms with Gasteiger partial charge < -0.3 is 14.4 Å². The van der Waals surface area contributed by atoms with Gasteiger partial charge in [-0.15, -0.1) is 0 Å². The number of nitrogens with zero attached hydrogens (tertiary/aromatic N) is 1. The first-order valence-corrected chi connectivity index (χ1v) is 5.62. The predicted octanol–water partition coefficient (Wildman–Crippen LogP) is 1.17. The van der Waals surface area contributed by atoms with Gasteiger partial charge in [-0.1, -0.05) is 5.16 Å². The summed E-state index contributed by atoms with van der Waals surface area (Å²) in [5.41, 5.74) is -0.108. The lowest BCUT2D eigenvalue weighted by atomic mass is 10.4. The molecule has 88 valence electrons. The quantitative estimate of drug-likeness (QED) is 0.594. The van der Waals surface area contributed by atoms with Crippen LogP contribution in [0.3, 0.4) is 0 Å². The monoisotopic (exact) mass is 245 g/mol. The molecule has 0 unspecified atom stereocenters. The van der Waals surface area contributed by atoms with Crippen molar-refractivity contribution in [3.05, 3.63) is 17.5 Å². The Bertz CT molecular complexity index is 376. The van der Waals surface area contributed by atoms with Crippen LogP contribution in [0.4, 0.5) is 0 Å². The van der Waals surface area contributed by atoms with Gasteiger partial charge in [0.2, 0.25) is 0 Å². The zero-order valence-corrected chi connectivity index (χ0v) is 9.45. The number of ether oxygens (including phenoxy) is 1. The molecule has 1 aromatic heterocycles. The summed E-state index contributed by atoms with van der Waals surface area (Å²) in [7, 11) is 1.34. The highest BCUT2D eigenvalue weighted by atomic mass is 32.2. The van der Waals surface area contributed by atoms with Crippen LogP contribution in [-0.4, -0.2) is 35.1 Å². The van der Waals surface area contributed by atoms with Gasteiger partial charge in [0.05, 0.1) is 19.3 Å². The number of carbonyl (C=O) groups is 2. The molecule has 1 heterocycles. The molecular formula is C9H11NO5S. The van der Waals surface area contributed by atoms with Crippen molar-refractivity contribution in [1.82, 2.24) is 5.16 Å². The minimum Gasteiger partial charge on any atom is -0.476 e. The Balaban J connectivity index is 2.27. The Morgan fingerprint density at radius 3 is 2.94 bits per heavy atom. The molecule has 7 heteroatoms. The minimum atomic E-state index is -1.12. The molecule has 16 heavy (non-hydrogen) atoms. The van der Waals surface area contributed by atoms with E-state index in [1.54, 1.807) is 0 Å². The fourth-order valence-corrected chi connectivity index (χ4v) is 1.70. The van der Waals surface area contributed by atoms with Crippen LogP contribution in [0.2, 0.25) is 0 Å². The average molecular weight is 245 g/mol. The standard InChI is InChI=1S/C9H11NO5S/c1-14-8(11)2-3-16-5-6-4-7(9(12)13)10-15-6/h4H,2-3,5H2,1H3,(H,12,13). The van der Waals surface area contributed by atoms with Crippen molar-refractivity contribution < 1.29 is 24.0 Å². The van der Waals surface area contributed by atoms with Gasteiger partial charge >= 0.3 is 11.9 Å². The summed E-state index contributed by atoms with van der Waals surface area (Å²) in [5.74, 6) is 0.172. The van der Waals surface area contributed by atoms with Crippen molar-refractivity contribution in [2.24, 2.45) is 0 Å². The molecule has 0 fully saturated rings. The number of carboxylic acids is 1. The van der Waals surface area contributed by atoms with Gasteiger partial charge in [0.25, 0.3) is 0 Å². The molecule has 0 saturated carbocycles. The molecule has 0 bridgehead atoms. The highest BCUT2D eigenvalue weighted by Crippen LogP contribution is 2.14. The van der Waals surface area contributed by atoms with Crippen LogP contribution in [0.5, 0.6) is 0 Å². The number of thioether (sulfide) groups is 1. The van der Waals surface area contributed by atoms with Crippen molar-refractivity contribution >= 4 is 23.7 Å². The zero-order valence-electron chi connectivity index (χ0n) is 8.63. The van der Waals surface area contributed by atoms with Gasteiger partial charge in [0, 0.05) is 11.8 Å². The number of methoxy groups -OCH3 is 1. The molecule has 0 spiro atoms. The molecule has 0 radical (unpaired) electrons. The molecule has 0 aliphatic carbocycles. The Labute approximate surface area is 95.9 Å². The third kappa shape index (κ3) is 3.93. The third-order valence-corrected chi connectivity index (χ3v) is 2.68. The summed E-state index contributed by atoms with van der Waals surface area (Å²) < 4.78 is 9.26. The average Bonchev–Trinajstić information content (AvgIpc) is 2.72. The molecule has 0 saturated heterocycles. The number of aromatic nitrogens is 1. The molecular weight excluding hydrogens is 234 g/mol. The lowest BCUT2D eigenvalue weighted by molar-refractivity contribution is -0.140. The maximum atomic E-state index is 10.8. The molecule has 0 aliphatic rings. The fraction of sp³-hybridized carbons (Fsp3) is 0.444. The van der Waals surface area contributed by atoms with E-state index in [-0.39, 0.29) is 11.7 Å². The zero-order chi connectivity index (χ0) is 12.0. The van der Waals surface area contributed by atoms with E-state index in [4.69, 9.17) is 9.63 Å². The van der Waals surface area contributed by atoms with E-state index in [0.717, 1.165) is 0 Å². The van der Waals surface area contributed by atoms with Crippen LogP contribution in [-0.2, 0) is 15.3 Å². The number of aromatic carboxylic acids is 1. The number of carboxylic acid groups (broad SMARTS) is 1. The molecule has 1 rings (SSSR count). The van der Waals surface area contributed by atoms with Crippen molar-refractivity contribution in [3.63, 3.8) is 0 Å². The largest absolute Gasteiger partial charge is 0.476 e. The first-order valence-electron chi connectivity index (χ1n) is 4.47. The number of hydrogen-bond donors (Lipinski definition) is 1. The van der Waals surface area contributed by atoms with Gasteiger partial charge in [0.1, 0.15) is 5.76 Å². The van der Waals surface area contributed by atoms with Crippen LogP contribution in [0.1, 0.15) is 22.7 Å². The lowest BCUT2D eigenvalue weighted by Crippen LogP contribution is -2.01. The van der Waals surface area contributed by atoms with Crippen molar-refractivity contribution in [3.8, 4) is 0 Å². The number of hydrogen-bond acceptors (Lipinski definition) is 6. The van der Waals surface area contributed by atoms with Crippen LogP contribution >= 0.6 is 11.8 Å². The Morgan fingerprint density at radius 1 is 1.62 bits per heavy atom. The normalized spacial score (nSPS) is 10.1. The summed E-state index contributed by atoms with van der Waals surface area (Å²) in [6.07, 6.45) is 0.321. The second-order valence-electron chi connectivity index (χ2n) is 2.86. The smallest absolute Gasteiger partial charge is 0.358 e. The van der Waals surface area contributed by atoms with Gasteiger partial charge in [-0.2, -0.15) is 11.8 Å². The van der Waals surface area contributed by atoms with E-state index >= 15 is 0 Å². The summed E-state index contributed by atoms with van der Waals surface area (Å²) in [6, 6.07) is 1.37. The van der Waals surface area contributed by atoms with E-state index in [2.05, 4.69) is 9.89 Å². The molecule has 0 aromatic carbocycles. The van der Waals surface area contributed by atoms with Crippen LogP contribution < -0.4 is 0 Å². The Kier molecular flexibility index (Phi) is 4.84. The van der Waals surface area contributed by atoms with Gasteiger partial charge in [-0.05, 0) is 0 Å². The summed E-state index contributed by atoms with van der Waals surface area (Å²) in [5, 5.41) is 12.0. The van der Waals surface area contributed by atoms with Gasteiger partial charge in [-0.3, -0.25) is 4.79 Å². The number of rotatable bonds is 6. The molecule has 1 aromatic rings. The molecule has 0 amide bonds. The maximum Gasteiger partial charge on any atom is 0.358 e. The van der Waals surface area contributed by atoms with E-state index in [9.17, 15) is 9.59 Å². The third-order valence-electron chi connectivity index (χ3n) is 1.70. The SMILES string of the molecule is COC(=O)CCSCc1cc(C(=O)O)no1. The van der Waals surface area contributed by atoms with E-state index in [1.165, 1.54) is 24.9 Å². The molecule has 0 atom stereocenters. The first-order chi connectivity index (χ1) is 7.63. The molecule has 0 aliphatic heterocycles. The van der Waals surface area contributed by atoms with E-state index < -0.39 is 5.97 Å². The second kappa shape index (κ2) is 6.16. The van der Waals surface area contributed by atoms with Crippen LogP contribution in [0, 0.1) is 0 Å². The van der Waals surface area contributed by atoms with Crippen LogP contribution in [0.25, 0.3) is 0 Å². The van der Waals surface area contributed by atoms with Crippen molar-refractivity contribution in [1.29, 1.82) is 0 Å². The Hall–Kier alpha value is -1.50. The fourth-order valence-electron chi connectivity index (χ4n) is 0.912. The lowest BCUT2D eigenvalue weighted by Gasteiger charge is -1.97. The van der Waals surface area contributed by atoms with Gasteiger partial charge in [0.15, 0.2) is 5.69 Å². The molecule has 6 nitrogen and oxygen atoms in total. The van der Waals surface area contributed by atoms with Crippen molar-refractivity contribution in [2.45, 2.75) is 12.2 Å². The highest BCUT2D eigenvalue weighted by Gasteiger charge is 2.10. The molecule has 1 N–H and O–H groups in total. The van der Waals surface area contributed by atoms with Crippen molar-refractivity contribution in [2.75, 3.05) is 12.9 Å². The second-order valence-corrected chi connectivity index (χ2v) is 3.97.